The quantitative estimate of drug-likeness (QED) is 0.645. The molecule has 1 unspecified atom stereocenters. The molecular weight excluding hydrogens is 359 g/mol. The Morgan fingerprint density at radius 1 is 1.18 bits per heavy atom. The van der Waals surface area contributed by atoms with Gasteiger partial charge in [-0.05, 0) is 42.7 Å². The second-order valence-electron chi connectivity index (χ2n) is 6.81. The molecule has 2 heterocycles. The summed E-state index contributed by atoms with van der Waals surface area (Å²) in [7, 11) is 0. The predicted molar refractivity (Wildman–Crippen MR) is 101 cm³/mol. The average molecular weight is 380 g/mol. The highest BCUT2D eigenvalue weighted by molar-refractivity contribution is 5.78. The molecule has 0 spiro atoms. The topological polar surface area (TPSA) is 55.6 Å². The Labute approximate surface area is 162 Å². The highest BCUT2D eigenvalue weighted by atomic mass is 19.1. The number of aromatic nitrogens is 1. The maximum Gasteiger partial charge on any atom is 0.261 e. The Morgan fingerprint density at radius 3 is 2.75 bits per heavy atom. The minimum Gasteiger partial charge on any atom is -0.484 e. The van der Waals surface area contributed by atoms with E-state index in [0.717, 1.165) is 18.4 Å². The summed E-state index contributed by atoms with van der Waals surface area (Å²) in [6, 6.07) is 15.4. The molecular formula is C22H21FN2O3. The number of hydrogen-bond donors (Lipinski definition) is 0. The van der Waals surface area contributed by atoms with E-state index in [1.807, 2.05) is 30.3 Å². The summed E-state index contributed by atoms with van der Waals surface area (Å²) in [6.45, 7) is 0.654. The molecule has 6 heteroatoms. The Kier molecular flexibility index (Phi) is 5.37. The molecule has 144 valence electrons. The summed E-state index contributed by atoms with van der Waals surface area (Å²) in [6.07, 6.45) is 3.93. The van der Waals surface area contributed by atoms with Gasteiger partial charge in [0.1, 0.15) is 23.4 Å². The molecule has 1 aromatic heterocycles. The fourth-order valence-corrected chi connectivity index (χ4v) is 3.43. The Balaban J connectivity index is 1.39. The smallest absolute Gasteiger partial charge is 0.261 e. The van der Waals surface area contributed by atoms with Gasteiger partial charge in [0, 0.05) is 13.0 Å². The van der Waals surface area contributed by atoms with Gasteiger partial charge >= 0.3 is 0 Å². The second kappa shape index (κ2) is 8.25. The van der Waals surface area contributed by atoms with Crippen LogP contribution in [0.4, 0.5) is 4.39 Å². The van der Waals surface area contributed by atoms with E-state index in [1.165, 1.54) is 12.1 Å². The molecule has 28 heavy (non-hydrogen) atoms. The zero-order chi connectivity index (χ0) is 19.3. The van der Waals surface area contributed by atoms with Crippen LogP contribution in [0.2, 0.25) is 0 Å². The van der Waals surface area contributed by atoms with Crippen LogP contribution in [0.5, 0.6) is 5.75 Å². The SMILES string of the molecule is O=C(COc1ccccc1)N1CCCC1c1ncc(Cc2ccc(F)cc2)o1. The number of carbonyl (C=O) groups is 1. The lowest BCUT2D eigenvalue weighted by molar-refractivity contribution is -0.134. The van der Waals surface area contributed by atoms with Gasteiger partial charge in [-0.25, -0.2) is 9.37 Å². The lowest BCUT2D eigenvalue weighted by Crippen LogP contribution is -2.34. The fourth-order valence-electron chi connectivity index (χ4n) is 3.43. The Morgan fingerprint density at radius 2 is 1.96 bits per heavy atom. The standard InChI is InChI=1S/C22H21FN2O3/c23-17-10-8-16(9-11-17)13-19-14-24-22(28-19)20-7-4-12-25(20)21(26)15-27-18-5-2-1-3-6-18/h1-3,5-6,8-11,14,20H,4,7,12-13,15H2. The van der Waals surface area contributed by atoms with Crippen molar-refractivity contribution in [3.05, 3.63) is 83.8 Å². The van der Waals surface area contributed by atoms with Crippen LogP contribution in [0, 0.1) is 5.82 Å². The molecule has 1 amide bonds. The lowest BCUT2D eigenvalue weighted by Gasteiger charge is -2.22. The van der Waals surface area contributed by atoms with Crippen molar-refractivity contribution < 1.29 is 18.3 Å². The molecule has 0 N–H and O–H groups in total. The minimum absolute atomic E-state index is 0.0103. The van der Waals surface area contributed by atoms with Crippen LogP contribution in [-0.4, -0.2) is 28.9 Å². The number of halogens is 1. The summed E-state index contributed by atoms with van der Waals surface area (Å²) in [5.74, 6) is 1.57. The van der Waals surface area contributed by atoms with Gasteiger partial charge in [-0.15, -0.1) is 0 Å². The van der Waals surface area contributed by atoms with Gasteiger partial charge in [0.05, 0.1) is 6.20 Å². The molecule has 2 aromatic carbocycles. The van der Waals surface area contributed by atoms with E-state index >= 15 is 0 Å². The van der Waals surface area contributed by atoms with E-state index < -0.39 is 0 Å². The van der Waals surface area contributed by atoms with E-state index in [4.69, 9.17) is 9.15 Å². The summed E-state index contributed by atoms with van der Waals surface area (Å²) in [5.41, 5.74) is 0.944. The molecule has 1 fully saturated rings. The van der Waals surface area contributed by atoms with Crippen molar-refractivity contribution in [2.75, 3.05) is 13.2 Å². The number of benzene rings is 2. The highest BCUT2D eigenvalue weighted by Crippen LogP contribution is 2.32. The van der Waals surface area contributed by atoms with Gasteiger partial charge in [-0.2, -0.15) is 0 Å². The van der Waals surface area contributed by atoms with E-state index in [-0.39, 0.29) is 24.4 Å². The third-order valence-corrected chi connectivity index (χ3v) is 4.83. The summed E-state index contributed by atoms with van der Waals surface area (Å²) in [5, 5.41) is 0. The van der Waals surface area contributed by atoms with E-state index in [1.54, 1.807) is 23.2 Å². The zero-order valence-electron chi connectivity index (χ0n) is 15.4. The third-order valence-electron chi connectivity index (χ3n) is 4.83. The zero-order valence-corrected chi connectivity index (χ0v) is 15.4. The molecule has 1 aliphatic heterocycles. The molecule has 1 aliphatic rings. The fraction of sp³-hybridized carbons (Fsp3) is 0.273. The van der Waals surface area contributed by atoms with Gasteiger partial charge in [0.25, 0.3) is 5.91 Å². The number of para-hydroxylation sites is 1. The number of ether oxygens (including phenoxy) is 1. The van der Waals surface area contributed by atoms with Crippen LogP contribution in [0.15, 0.2) is 65.2 Å². The first kappa shape index (κ1) is 18.2. The molecule has 0 radical (unpaired) electrons. The number of amides is 1. The first-order valence-electron chi connectivity index (χ1n) is 9.35. The first-order valence-corrected chi connectivity index (χ1v) is 9.35. The summed E-state index contributed by atoms with van der Waals surface area (Å²) < 4.78 is 24.5. The number of carbonyl (C=O) groups excluding carboxylic acids is 1. The monoisotopic (exact) mass is 380 g/mol. The average Bonchev–Trinajstić information content (AvgIpc) is 3.38. The highest BCUT2D eigenvalue weighted by Gasteiger charge is 2.33. The first-order chi connectivity index (χ1) is 13.7. The van der Waals surface area contributed by atoms with Crippen LogP contribution in [0.1, 0.15) is 36.1 Å². The lowest BCUT2D eigenvalue weighted by atomic mass is 10.1. The third kappa shape index (κ3) is 4.22. The molecule has 1 saturated heterocycles. The Bertz CT molecular complexity index is 924. The van der Waals surface area contributed by atoms with E-state index in [9.17, 15) is 9.18 Å². The molecule has 3 aromatic rings. The van der Waals surface area contributed by atoms with Gasteiger partial charge in [-0.3, -0.25) is 4.79 Å². The molecule has 1 atom stereocenters. The van der Waals surface area contributed by atoms with Crippen molar-refractivity contribution in [1.29, 1.82) is 0 Å². The van der Waals surface area contributed by atoms with Crippen molar-refractivity contribution in [1.82, 2.24) is 9.88 Å². The second-order valence-corrected chi connectivity index (χ2v) is 6.81. The Hall–Kier alpha value is -3.15. The van der Waals surface area contributed by atoms with E-state index in [2.05, 4.69) is 4.98 Å². The van der Waals surface area contributed by atoms with Crippen LogP contribution in [-0.2, 0) is 11.2 Å². The summed E-state index contributed by atoms with van der Waals surface area (Å²) >= 11 is 0. The normalized spacial score (nSPS) is 16.3. The number of rotatable bonds is 6. The molecule has 0 saturated carbocycles. The maximum absolute atomic E-state index is 13.0. The minimum atomic E-state index is -0.264. The van der Waals surface area contributed by atoms with Crippen molar-refractivity contribution in [3.8, 4) is 5.75 Å². The van der Waals surface area contributed by atoms with Gasteiger partial charge < -0.3 is 14.1 Å². The van der Waals surface area contributed by atoms with Crippen molar-refractivity contribution in [2.24, 2.45) is 0 Å². The molecule has 0 bridgehead atoms. The van der Waals surface area contributed by atoms with Crippen molar-refractivity contribution in [3.63, 3.8) is 0 Å². The van der Waals surface area contributed by atoms with E-state index in [0.29, 0.717) is 30.4 Å². The number of likely N-dealkylation sites (tertiary alicyclic amines) is 1. The van der Waals surface area contributed by atoms with Crippen LogP contribution < -0.4 is 4.74 Å². The molecule has 4 rings (SSSR count). The molecule has 5 nitrogen and oxygen atoms in total. The number of hydrogen-bond acceptors (Lipinski definition) is 4. The summed E-state index contributed by atoms with van der Waals surface area (Å²) in [4.78, 5) is 18.8. The maximum atomic E-state index is 13.0. The largest absolute Gasteiger partial charge is 0.484 e. The molecule has 0 aliphatic carbocycles. The number of oxazole rings is 1. The van der Waals surface area contributed by atoms with Gasteiger partial charge in [0.15, 0.2) is 6.61 Å². The predicted octanol–water partition coefficient (Wildman–Crippen LogP) is 4.15. The van der Waals surface area contributed by atoms with Crippen LogP contribution >= 0.6 is 0 Å². The van der Waals surface area contributed by atoms with Gasteiger partial charge in [0.2, 0.25) is 5.89 Å². The van der Waals surface area contributed by atoms with Crippen LogP contribution in [0.25, 0.3) is 0 Å². The van der Waals surface area contributed by atoms with Gasteiger partial charge in [-0.1, -0.05) is 30.3 Å². The van der Waals surface area contributed by atoms with Crippen LogP contribution in [0.3, 0.4) is 0 Å². The van der Waals surface area contributed by atoms with Crippen molar-refractivity contribution in [2.45, 2.75) is 25.3 Å². The number of nitrogens with zero attached hydrogens (tertiary/aromatic N) is 2. The van der Waals surface area contributed by atoms with Crippen molar-refractivity contribution >= 4 is 5.91 Å².